The van der Waals surface area contributed by atoms with Crippen molar-refractivity contribution in [2.24, 2.45) is 0 Å². The molecule has 0 unspecified atom stereocenters. The van der Waals surface area contributed by atoms with Crippen molar-refractivity contribution >= 4 is 22.7 Å². The number of rotatable bonds is 4. The predicted octanol–water partition coefficient (Wildman–Crippen LogP) is 3.42. The van der Waals surface area contributed by atoms with E-state index in [9.17, 15) is 14.5 Å². The molecule has 0 atom stereocenters. The fourth-order valence-corrected chi connectivity index (χ4v) is 2.60. The summed E-state index contributed by atoms with van der Waals surface area (Å²) in [5.74, 6) is -0.623. The van der Waals surface area contributed by atoms with Gasteiger partial charge in [0.1, 0.15) is 11.5 Å². The summed E-state index contributed by atoms with van der Waals surface area (Å²) in [5, 5.41) is 14.7. The lowest BCUT2D eigenvalue weighted by Crippen LogP contribution is -2.02. The van der Waals surface area contributed by atoms with E-state index >= 15 is 0 Å². The van der Waals surface area contributed by atoms with Gasteiger partial charge < -0.3 is 5.32 Å². The molecular formula is C12H12FN3O2S. The minimum absolute atomic E-state index is 0.265. The Morgan fingerprint density at radius 2 is 2.21 bits per heavy atom. The normalized spacial score (nSPS) is 10.5. The van der Waals surface area contributed by atoms with Gasteiger partial charge in [-0.1, -0.05) is 0 Å². The van der Waals surface area contributed by atoms with Crippen molar-refractivity contribution in [3.8, 4) is 0 Å². The number of nitro groups is 1. The smallest absolute Gasteiger partial charge is 0.295 e. The maximum absolute atomic E-state index is 13.0. The molecule has 1 aromatic heterocycles. The molecule has 0 radical (unpaired) electrons. The summed E-state index contributed by atoms with van der Waals surface area (Å²) in [6, 6.07) is 3.48. The Hall–Kier alpha value is -2.02. The molecule has 0 aliphatic carbocycles. The van der Waals surface area contributed by atoms with Crippen LogP contribution in [0, 0.1) is 29.8 Å². The molecule has 7 heteroatoms. The number of hydrogen-bond donors (Lipinski definition) is 1. The Morgan fingerprint density at radius 1 is 1.47 bits per heavy atom. The summed E-state index contributed by atoms with van der Waals surface area (Å²) >= 11 is 1.53. The molecule has 100 valence electrons. The Kier molecular flexibility index (Phi) is 3.75. The minimum Gasteiger partial charge on any atom is -0.375 e. The summed E-state index contributed by atoms with van der Waals surface area (Å²) in [4.78, 5) is 15.5. The van der Waals surface area contributed by atoms with Crippen LogP contribution in [-0.4, -0.2) is 9.91 Å². The number of anilines is 1. The average Bonchev–Trinajstić information content (AvgIpc) is 2.66. The van der Waals surface area contributed by atoms with Crippen LogP contribution >= 0.6 is 11.3 Å². The van der Waals surface area contributed by atoms with Crippen LogP contribution in [-0.2, 0) is 6.54 Å². The molecule has 1 N–H and O–H groups in total. The van der Waals surface area contributed by atoms with E-state index < -0.39 is 10.7 Å². The maximum Gasteiger partial charge on any atom is 0.295 e. The monoisotopic (exact) mass is 281 g/mol. The van der Waals surface area contributed by atoms with Crippen molar-refractivity contribution in [1.82, 2.24) is 4.98 Å². The number of aromatic nitrogens is 1. The molecule has 0 saturated heterocycles. The van der Waals surface area contributed by atoms with Gasteiger partial charge in [-0.3, -0.25) is 10.1 Å². The standard InChI is InChI=1S/C12H12FN3O2S/c1-7-12(19-8(2)15-7)6-14-10-4-3-9(13)5-11(10)16(17)18/h3-5,14H,6H2,1-2H3. The summed E-state index contributed by atoms with van der Waals surface area (Å²) < 4.78 is 13.0. The van der Waals surface area contributed by atoms with Gasteiger partial charge >= 0.3 is 0 Å². The molecule has 2 rings (SSSR count). The highest BCUT2D eigenvalue weighted by molar-refractivity contribution is 7.11. The first-order valence-electron chi connectivity index (χ1n) is 5.58. The summed E-state index contributed by atoms with van der Waals surface area (Å²) in [6.45, 7) is 4.23. The van der Waals surface area contributed by atoms with Gasteiger partial charge in [0.15, 0.2) is 0 Å². The second-order valence-electron chi connectivity index (χ2n) is 4.01. The zero-order valence-electron chi connectivity index (χ0n) is 10.4. The topological polar surface area (TPSA) is 68.1 Å². The van der Waals surface area contributed by atoms with Crippen molar-refractivity contribution in [1.29, 1.82) is 0 Å². The van der Waals surface area contributed by atoms with Crippen LogP contribution in [0.3, 0.4) is 0 Å². The zero-order chi connectivity index (χ0) is 14.0. The number of hydrogen-bond acceptors (Lipinski definition) is 5. The largest absolute Gasteiger partial charge is 0.375 e. The zero-order valence-corrected chi connectivity index (χ0v) is 11.3. The second kappa shape index (κ2) is 5.31. The molecule has 2 aromatic rings. The highest BCUT2D eigenvalue weighted by Gasteiger charge is 2.15. The third kappa shape index (κ3) is 3.05. The molecule has 5 nitrogen and oxygen atoms in total. The van der Waals surface area contributed by atoms with Gasteiger partial charge in [-0.25, -0.2) is 9.37 Å². The fraction of sp³-hybridized carbons (Fsp3) is 0.250. The van der Waals surface area contributed by atoms with E-state index in [2.05, 4.69) is 10.3 Å². The van der Waals surface area contributed by atoms with Crippen molar-refractivity contribution in [3.63, 3.8) is 0 Å². The Labute approximate surface area is 113 Å². The second-order valence-corrected chi connectivity index (χ2v) is 5.30. The van der Waals surface area contributed by atoms with Gasteiger partial charge in [0.25, 0.3) is 5.69 Å². The van der Waals surface area contributed by atoms with Gasteiger partial charge in [0, 0.05) is 4.88 Å². The Balaban J connectivity index is 2.20. The highest BCUT2D eigenvalue weighted by atomic mass is 32.1. The van der Waals surface area contributed by atoms with Crippen LogP contribution < -0.4 is 5.32 Å². The third-order valence-electron chi connectivity index (χ3n) is 2.60. The number of thiazole rings is 1. The van der Waals surface area contributed by atoms with Gasteiger partial charge in [0.2, 0.25) is 0 Å². The van der Waals surface area contributed by atoms with E-state index in [-0.39, 0.29) is 5.69 Å². The molecule has 1 heterocycles. The fourth-order valence-electron chi connectivity index (χ4n) is 1.72. The first-order valence-corrected chi connectivity index (χ1v) is 6.39. The number of nitrogens with one attached hydrogen (secondary N) is 1. The number of aryl methyl sites for hydroxylation is 2. The first kappa shape index (κ1) is 13.4. The molecule has 0 fully saturated rings. The van der Waals surface area contributed by atoms with Crippen LogP contribution in [0.5, 0.6) is 0 Å². The lowest BCUT2D eigenvalue weighted by molar-refractivity contribution is -0.384. The molecule has 0 aliphatic heterocycles. The molecule has 0 bridgehead atoms. The van der Waals surface area contributed by atoms with E-state index in [1.165, 1.54) is 23.5 Å². The molecule has 0 saturated carbocycles. The van der Waals surface area contributed by atoms with E-state index in [1.807, 2.05) is 13.8 Å². The average molecular weight is 281 g/mol. The highest BCUT2D eigenvalue weighted by Crippen LogP contribution is 2.26. The minimum atomic E-state index is -0.623. The van der Waals surface area contributed by atoms with Crippen LogP contribution in [0.25, 0.3) is 0 Å². The lowest BCUT2D eigenvalue weighted by Gasteiger charge is -2.06. The summed E-state index contributed by atoms with van der Waals surface area (Å²) in [7, 11) is 0. The Morgan fingerprint density at radius 3 is 2.79 bits per heavy atom. The van der Waals surface area contributed by atoms with Gasteiger partial charge in [0.05, 0.1) is 28.2 Å². The van der Waals surface area contributed by atoms with E-state index in [1.54, 1.807) is 0 Å². The lowest BCUT2D eigenvalue weighted by atomic mass is 10.2. The van der Waals surface area contributed by atoms with Crippen molar-refractivity contribution in [2.45, 2.75) is 20.4 Å². The predicted molar refractivity (Wildman–Crippen MR) is 72.0 cm³/mol. The maximum atomic E-state index is 13.0. The number of nitro benzene ring substituents is 1. The number of nitrogens with zero attached hydrogens (tertiary/aromatic N) is 2. The third-order valence-corrected chi connectivity index (χ3v) is 3.67. The molecule has 1 aromatic carbocycles. The van der Waals surface area contributed by atoms with Crippen LogP contribution in [0.4, 0.5) is 15.8 Å². The van der Waals surface area contributed by atoms with Crippen molar-refractivity contribution in [3.05, 3.63) is 49.7 Å². The van der Waals surface area contributed by atoms with E-state index in [0.29, 0.717) is 12.2 Å². The van der Waals surface area contributed by atoms with Gasteiger partial charge in [-0.15, -0.1) is 11.3 Å². The van der Waals surface area contributed by atoms with Crippen molar-refractivity contribution < 1.29 is 9.31 Å². The Bertz CT molecular complexity index is 627. The molecule has 0 amide bonds. The molecule has 0 aliphatic rings. The number of benzene rings is 1. The van der Waals surface area contributed by atoms with Crippen LogP contribution in [0.15, 0.2) is 18.2 Å². The first-order chi connectivity index (χ1) is 8.97. The van der Waals surface area contributed by atoms with Crippen LogP contribution in [0.2, 0.25) is 0 Å². The molecular weight excluding hydrogens is 269 g/mol. The molecule has 19 heavy (non-hydrogen) atoms. The van der Waals surface area contributed by atoms with Gasteiger partial charge in [-0.2, -0.15) is 0 Å². The summed E-state index contributed by atoms with van der Waals surface area (Å²) in [5.41, 5.74) is 0.940. The quantitative estimate of drug-likeness (QED) is 0.688. The number of halogens is 1. The van der Waals surface area contributed by atoms with Crippen LogP contribution in [0.1, 0.15) is 15.6 Å². The van der Waals surface area contributed by atoms with E-state index in [0.717, 1.165) is 21.6 Å². The summed E-state index contributed by atoms with van der Waals surface area (Å²) in [6.07, 6.45) is 0. The SMILES string of the molecule is Cc1nc(C)c(CNc2ccc(F)cc2[N+](=O)[O-])s1. The van der Waals surface area contributed by atoms with Crippen molar-refractivity contribution in [2.75, 3.05) is 5.32 Å². The van der Waals surface area contributed by atoms with E-state index in [4.69, 9.17) is 0 Å². The van der Waals surface area contributed by atoms with Gasteiger partial charge in [-0.05, 0) is 26.0 Å². The molecule has 0 spiro atoms.